The van der Waals surface area contributed by atoms with Crippen LogP contribution in [0.25, 0.3) is 0 Å². The number of cyclic esters (lactones) is 1. The molecular formula is C25H29F3N2O8. The lowest BCUT2D eigenvalue weighted by atomic mass is 10.1. The number of hydrogen-bond acceptors (Lipinski definition) is 9. The van der Waals surface area contributed by atoms with Gasteiger partial charge in [0.1, 0.15) is 18.0 Å². The molecule has 13 heteroatoms. The van der Waals surface area contributed by atoms with Gasteiger partial charge in [-0.25, -0.2) is 9.78 Å². The maximum Gasteiger partial charge on any atom is 0.416 e. The number of esters is 1. The number of nitrogens with zero attached hydrogens (tertiary/aromatic N) is 1. The van der Waals surface area contributed by atoms with Crippen LogP contribution in [0.4, 0.5) is 13.2 Å². The van der Waals surface area contributed by atoms with Crippen molar-refractivity contribution in [2.24, 2.45) is 0 Å². The Morgan fingerprint density at radius 2 is 1.92 bits per heavy atom. The zero-order valence-electron chi connectivity index (χ0n) is 21.0. The number of aromatic nitrogens is 1. The van der Waals surface area contributed by atoms with Crippen molar-refractivity contribution in [1.82, 2.24) is 10.3 Å². The number of ether oxygens (including phenoxy) is 5. The van der Waals surface area contributed by atoms with Crippen LogP contribution in [0.3, 0.4) is 0 Å². The Morgan fingerprint density at radius 1 is 1.21 bits per heavy atom. The number of methoxy groups -OCH3 is 1. The number of hydrogen-bond donors (Lipinski definition) is 2. The van der Waals surface area contributed by atoms with E-state index in [0.29, 0.717) is 13.0 Å². The average Bonchev–Trinajstić information content (AvgIpc) is 2.92. The second-order valence-electron chi connectivity index (χ2n) is 8.43. The molecule has 1 aliphatic rings. The van der Waals surface area contributed by atoms with Crippen molar-refractivity contribution in [3.8, 4) is 17.2 Å². The number of nitrogens with one attached hydrogen (secondary N) is 1. The van der Waals surface area contributed by atoms with E-state index in [9.17, 15) is 27.9 Å². The summed E-state index contributed by atoms with van der Waals surface area (Å²) in [4.78, 5) is 29.5. The molecule has 1 fully saturated rings. The number of benzene rings is 1. The first kappa shape index (κ1) is 29.0. The predicted molar refractivity (Wildman–Crippen MR) is 126 cm³/mol. The van der Waals surface area contributed by atoms with Crippen LogP contribution < -0.4 is 14.8 Å². The lowest BCUT2D eigenvalue weighted by molar-refractivity contribution is -0.162. The van der Waals surface area contributed by atoms with Crippen LogP contribution in [0.1, 0.15) is 36.3 Å². The summed E-state index contributed by atoms with van der Waals surface area (Å²) in [6, 6.07) is 4.24. The molecule has 2 aromatic rings. The highest BCUT2D eigenvalue weighted by atomic mass is 19.4. The molecule has 0 aliphatic carbocycles. The molecule has 0 bridgehead atoms. The molecule has 1 saturated heterocycles. The molecule has 1 aromatic carbocycles. The Hall–Kier alpha value is -3.58. The van der Waals surface area contributed by atoms with Gasteiger partial charge < -0.3 is 34.1 Å². The summed E-state index contributed by atoms with van der Waals surface area (Å²) in [6.45, 7) is 3.28. The lowest BCUT2D eigenvalue weighted by Gasteiger charge is -2.31. The highest BCUT2D eigenvalue weighted by molar-refractivity contribution is 5.98. The van der Waals surface area contributed by atoms with E-state index in [1.807, 2.05) is 6.92 Å². The average molecular weight is 543 g/mol. The fourth-order valence-corrected chi connectivity index (χ4v) is 3.69. The largest absolute Gasteiger partial charge is 0.503 e. The second kappa shape index (κ2) is 12.8. The van der Waals surface area contributed by atoms with E-state index >= 15 is 0 Å². The van der Waals surface area contributed by atoms with E-state index in [0.717, 1.165) is 12.1 Å². The Kier molecular flexibility index (Phi) is 9.75. The van der Waals surface area contributed by atoms with E-state index in [1.165, 1.54) is 31.5 Å². The molecule has 1 aromatic heterocycles. The molecule has 0 spiro atoms. The molecule has 2 heterocycles. The monoisotopic (exact) mass is 542 g/mol. The molecule has 1 amide bonds. The van der Waals surface area contributed by atoms with Gasteiger partial charge in [-0.2, -0.15) is 13.2 Å². The van der Waals surface area contributed by atoms with Gasteiger partial charge in [-0.05, 0) is 37.6 Å². The minimum Gasteiger partial charge on any atom is -0.503 e. The summed E-state index contributed by atoms with van der Waals surface area (Å²) in [7, 11) is 1.31. The molecule has 1 aliphatic heterocycles. The summed E-state index contributed by atoms with van der Waals surface area (Å²) >= 11 is 0. The van der Waals surface area contributed by atoms with Crippen molar-refractivity contribution in [1.29, 1.82) is 0 Å². The minimum atomic E-state index is -4.49. The lowest BCUT2D eigenvalue weighted by Crippen LogP contribution is -2.47. The normalized spacial score (nSPS) is 22.4. The number of halogens is 3. The fourth-order valence-electron chi connectivity index (χ4n) is 3.69. The number of aromatic hydroxyl groups is 1. The number of alkyl halides is 3. The highest BCUT2D eigenvalue weighted by Gasteiger charge is 2.37. The van der Waals surface area contributed by atoms with Gasteiger partial charge in [0.25, 0.3) is 5.91 Å². The Bertz CT molecular complexity index is 1100. The first-order chi connectivity index (χ1) is 18.0. The van der Waals surface area contributed by atoms with Gasteiger partial charge in [-0.15, -0.1) is 0 Å². The first-order valence-corrected chi connectivity index (χ1v) is 11.8. The summed E-state index contributed by atoms with van der Waals surface area (Å²) in [6.07, 6.45) is -5.17. The Labute approximate surface area is 217 Å². The van der Waals surface area contributed by atoms with Crippen LogP contribution in [0.15, 0.2) is 36.5 Å². The summed E-state index contributed by atoms with van der Waals surface area (Å²) in [5.74, 6) is -2.04. The maximum absolute atomic E-state index is 12.9. The van der Waals surface area contributed by atoms with Gasteiger partial charge in [0.05, 0.1) is 25.9 Å². The molecule has 3 rings (SSSR count). The van der Waals surface area contributed by atoms with Crippen molar-refractivity contribution in [3.63, 3.8) is 0 Å². The maximum atomic E-state index is 12.9. The van der Waals surface area contributed by atoms with Gasteiger partial charge in [0.2, 0.25) is 0 Å². The number of carbonyl (C=O) groups excluding carboxylic acids is 2. The van der Waals surface area contributed by atoms with E-state index in [-0.39, 0.29) is 30.4 Å². The van der Waals surface area contributed by atoms with Gasteiger partial charge >= 0.3 is 12.1 Å². The van der Waals surface area contributed by atoms with E-state index in [4.69, 9.17) is 23.7 Å². The third-order valence-electron chi connectivity index (χ3n) is 5.59. The van der Waals surface area contributed by atoms with Crippen LogP contribution in [-0.2, 0) is 25.2 Å². The molecule has 2 N–H and O–H groups in total. The molecule has 38 heavy (non-hydrogen) atoms. The second-order valence-corrected chi connectivity index (χ2v) is 8.43. The topological polar surface area (TPSA) is 125 Å². The van der Waals surface area contributed by atoms with Crippen LogP contribution >= 0.6 is 0 Å². The SMILES string of the molecule is CCCOC1C(C)OC(=O)C(NC(=O)c2nccc(OC)c2O)COCC1Oc1ccc(C(F)(F)F)cc1. The number of pyridine rings is 1. The molecule has 4 unspecified atom stereocenters. The summed E-state index contributed by atoms with van der Waals surface area (Å²) in [5, 5.41) is 12.6. The molecule has 4 atom stereocenters. The smallest absolute Gasteiger partial charge is 0.416 e. The highest BCUT2D eigenvalue weighted by Crippen LogP contribution is 2.31. The minimum absolute atomic E-state index is 0.0197. The van der Waals surface area contributed by atoms with Crippen molar-refractivity contribution in [3.05, 3.63) is 47.8 Å². The van der Waals surface area contributed by atoms with Crippen molar-refractivity contribution >= 4 is 11.9 Å². The number of rotatable bonds is 8. The third kappa shape index (κ3) is 7.25. The van der Waals surface area contributed by atoms with Gasteiger partial charge in [0, 0.05) is 18.9 Å². The molecular weight excluding hydrogens is 513 g/mol. The van der Waals surface area contributed by atoms with Crippen LogP contribution in [-0.4, -0.2) is 73.3 Å². The van der Waals surface area contributed by atoms with Crippen molar-refractivity contribution in [2.75, 3.05) is 26.9 Å². The first-order valence-electron chi connectivity index (χ1n) is 11.8. The molecule has 0 radical (unpaired) electrons. The summed E-state index contributed by atoms with van der Waals surface area (Å²) < 4.78 is 66.7. The molecule has 208 valence electrons. The summed E-state index contributed by atoms with van der Waals surface area (Å²) in [5.41, 5.74) is -1.19. The molecule has 0 saturated carbocycles. The number of carbonyl (C=O) groups is 2. The third-order valence-corrected chi connectivity index (χ3v) is 5.59. The fraction of sp³-hybridized carbons (Fsp3) is 0.480. The van der Waals surface area contributed by atoms with Crippen molar-refractivity contribution in [2.45, 2.75) is 50.8 Å². The van der Waals surface area contributed by atoms with Crippen molar-refractivity contribution < 1.29 is 51.6 Å². The Balaban J connectivity index is 1.78. The molecule has 10 nitrogen and oxygen atoms in total. The quantitative estimate of drug-likeness (QED) is 0.484. The predicted octanol–water partition coefficient (Wildman–Crippen LogP) is 3.12. The standard InChI is InChI=1S/C25H29F3N2O8/c1-4-11-36-22-14(2)37-24(33)17(30-23(32)20-21(31)18(34-3)9-10-29-20)12-35-13-19(22)38-16-7-5-15(6-8-16)25(26,27)28/h5-10,14,17,19,22,31H,4,11-13H2,1-3H3,(H,30,32). The Morgan fingerprint density at radius 3 is 2.55 bits per heavy atom. The number of amides is 1. The zero-order valence-corrected chi connectivity index (χ0v) is 21.0. The zero-order chi connectivity index (χ0) is 27.9. The van der Waals surface area contributed by atoms with Crippen LogP contribution in [0, 0.1) is 0 Å². The van der Waals surface area contributed by atoms with Gasteiger partial charge in [-0.1, -0.05) is 6.92 Å². The van der Waals surface area contributed by atoms with Crippen LogP contribution in [0.2, 0.25) is 0 Å². The van der Waals surface area contributed by atoms with E-state index < -0.39 is 53.7 Å². The van der Waals surface area contributed by atoms with E-state index in [1.54, 1.807) is 6.92 Å². The van der Waals surface area contributed by atoms with E-state index in [2.05, 4.69) is 10.3 Å². The van der Waals surface area contributed by atoms with Crippen LogP contribution in [0.5, 0.6) is 17.2 Å². The van der Waals surface area contributed by atoms with Gasteiger partial charge in [0.15, 0.2) is 29.3 Å². The van der Waals surface area contributed by atoms with Gasteiger partial charge in [-0.3, -0.25) is 4.79 Å².